The van der Waals surface area contributed by atoms with Crippen LogP contribution in [0.15, 0.2) is 6.20 Å². The summed E-state index contributed by atoms with van der Waals surface area (Å²) in [7, 11) is 1.61. The van der Waals surface area contributed by atoms with Crippen molar-refractivity contribution in [3.05, 3.63) is 11.2 Å². The number of ether oxygens (including phenoxy) is 3. The normalized spacial score (nSPS) is 10.4. The molecule has 0 aromatic carbocycles. The molecule has 1 rings (SSSR count). The van der Waals surface area contributed by atoms with Crippen LogP contribution in [0.3, 0.4) is 0 Å². The van der Waals surface area contributed by atoms with Gasteiger partial charge in [0.1, 0.15) is 11.6 Å². The largest absolute Gasteiger partial charge is 0.474 e. The highest BCUT2D eigenvalue weighted by atomic mass is 35.5. The number of nitrogen functional groups attached to an aromatic ring is 1. The summed E-state index contributed by atoms with van der Waals surface area (Å²) in [6.45, 7) is 1.87. The second-order valence-corrected chi connectivity index (χ2v) is 3.24. The fourth-order valence-electron chi connectivity index (χ4n) is 0.907. The Balaban J connectivity index is 2.23. The summed E-state index contributed by atoms with van der Waals surface area (Å²) >= 11 is 5.79. The summed E-state index contributed by atoms with van der Waals surface area (Å²) < 4.78 is 15.3. The minimum atomic E-state index is 0.125. The van der Waals surface area contributed by atoms with Gasteiger partial charge in [-0.05, 0) is 0 Å². The van der Waals surface area contributed by atoms with E-state index in [1.807, 2.05) is 0 Å². The standard InChI is InChI=1S/C9H14ClN3O3/c1-14-2-3-15-4-5-16-8-7(10)6-12-9(11)13-8/h6H,2-5H2,1H3,(H2,11,12,13). The molecule has 0 bridgehead atoms. The molecule has 0 atom stereocenters. The summed E-state index contributed by atoms with van der Waals surface area (Å²) in [5, 5.41) is 0.325. The number of anilines is 1. The van der Waals surface area contributed by atoms with Crippen LogP contribution in [0.5, 0.6) is 5.88 Å². The van der Waals surface area contributed by atoms with Gasteiger partial charge >= 0.3 is 0 Å². The van der Waals surface area contributed by atoms with Crippen LogP contribution < -0.4 is 10.5 Å². The second kappa shape index (κ2) is 7.21. The first-order chi connectivity index (χ1) is 7.74. The quantitative estimate of drug-likeness (QED) is 0.717. The molecule has 7 heteroatoms. The monoisotopic (exact) mass is 247 g/mol. The molecule has 6 nitrogen and oxygen atoms in total. The number of nitrogens with zero attached hydrogens (tertiary/aromatic N) is 2. The van der Waals surface area contributed by atoms with Crippen LogP contribution >= 0.6 is 11.6 Å². The molecule has 0 unspecified atom stereocenters. The maximum absolute atomic E-state index is 5.79. The Bertz CT molecular complexity index is 325. The van der Waals surface area contributed by atoms with Crippen molar-refractivity contribution in [2.75, 3.05) is 39.3 Å². The zero-order chi connectivity index (χ0) is 11.8. The van der Waals surface area contributed by atoms with E-state index in [-0.39, 0.29) is 11.8 Å². The fraction of sp³-hybridized carbons (Fsp3) is 0.556. The smallest absolute Gasteiger partial charge is 0.237 e. The highest BCUT2D eigenvalue weighted by molar-refractivity contribution is 6.31. The third-order valence-electron chi connectivity index (χ3n) is 1.63. The van der Waals surface area contributed by atoms with E-state index in [2.05, 4.69) is 9.97 Å². The van der Waals surface area contributed by atoms with Crippen LogP contribution in [0.25, 0.3) is 0 Å². The van der Waals surface area contributed by atoms with E-state index in [0.717, 1.165) is 0 Å². The van der Waals surface area contributed by atoms with Gasteiger partial charge in [-0.1, -0.05) is 11.6 Å². The average Bonchev–Trinajstić information content (AvgIpc) is 2.28. The Kier molecular flexibility index (Phi) is 5.84. The molecule has 1 heterocycles. The molecule has 0 fully saturated rings. The first-order valence-electron chi connectivity index (χ1n) is 4.71. The number of rotatable bonds is 7. The summed E-state index contributed by atoms with van der Waals surface area (Å²) in [5.41, 5.74) is 5.39. The molecule has 0 saturated heterocycles. The van der Waals surface area contributed by atoms with Crippen molar-refractivity contribution >= 4 is 17.5 Å². The lowest BCUT2D eigenvalue weighted by Gasteiger charge is -2.07. The summed E-state index contributed by atoms with van der Waals surface area (Å²) in [5.74, 6) is 0.393. The predicted molar refractivity (Wildman–Crippen MR) is 59.6 cm³/mol. The maximum Gasteiger partial charge on any atom is 0.237 e. The van der Waals surface area contributed by atoms with E-state index in [4.69, 9.17) is 31.5 Å². The molecule has 0 saturated carbocycles. The Morgan fingerprint density at radius 1 is 1.31 bits per heavy atom. The minimum absolute atomic E-state index is 0.125. The Morgan fingerprint density at radius 2 is 2.06 bits per heavy atom. The molecule has 0 spiro atoms. The Hall–Kier alpha value is -1.11. The van der Waals surface area contributed by atoms with Crippen molar-refractivity contribution in [3.63, 3.8) is 0 Å². The van der Waals surface area contributed by atoms with Gasteiger partial charge in [-0.15, -0.1) is 0 Å². The van der Waals surface area contributed by atoms with Gasteiger partial charge in [0.2, 0.25) is 11.8 Å². The van der Waals surface area contributed by atoms with Gasteiger partial charge < -0.3 is 19.9 Å². The van der Waals surface area contributed by atoms with E-state index < -0.39 is 0 Å². The van der Waals surface area contributed by atoms with Crippen molar-refractivity contribution in [2.24, 2.45) is 0 Å². The average molecular weight is 248 g/mol. The van der Waals surface area contributed by atoms with Crippen LogP contribution in [-0.4, -0.2) is 43.5 Å². The SMILES string of the molecule is COCCOCCOc1nc(N)ncc1Cl. The first-order valence-corrected chi connectivity index (χ1v) is 5.09. The molecule has 1 aromatic heterocycles. The van der Waals surface area contributed by atoms with E-state index in [1.165, 1.54) is 6.20 Å². The molecule has 0 amide bonds. The molecule has 16 heavy (non-hydrogen) atoms. The zero-order valence-electron chi connectivity index (χ0n) is 8.98. The van der Waals surface area contributed by atoms with Gasteiger partial charge in [0.25, 0.3) is 0 Å². The molecule has 90 valence electrons. The predicted octanol–water partition coefficient (Wildman–Crippen LogP) is 0.754. The molecular weight excluding hydrogens is 234 g/mol. The lowest BCUT2D eigenvalue weighted by atomic mass is 10.6. The molecule has 1 aromatic rings. The zero-order valence-corrected chi connectivity index (χ0v) is 9.74. The minimum Gasteiger partial charge on any atom is -0.474 e. The summed E-state index contributed by atoms with van der Waals surface area (Å²) in [4.78, 5) is 7.55. The van der Waals surface area contributed by atoms with Gasteiger partial charge in [-0.2, -0.15) is 4.98 Å². The highest BCUT2D eigenvalue weighted by Crippen LogP contribution is 2.20. The van der Waals surface area contributed by atoms with Crippen molar-refractivity contribution < 1.29 is 14.2 Å². The van der Waals surface area contributed by atoms with Crippen LogP contribution in [0.1, 0.15) is 0 Å². The van der Waals surface area contributed by atoms with Gasteiger partial charge in [0.15, 0.2) is 0 Å². The van der Waals surface area contributed by atoms with Crippen LogP contribution in [0.4, 0.5) is 5.95 Å². The van der Waals surface area contributed by atoms with Crippen LogP contribution in [-0.2, 0) is 9.47 Å². The first kappa shape index (κ1) is 13.0. The number of aromatic nitrogens is 2. The molecule has 0 aliphatic heterocycles. The van der Waals surface area contributed by atoms with Gasteiger partial charge in [0.05, 0.1) is 26.0 Å². The molecule has 2 N–H and O–H groups in total. The van der Waals surface area contributed by atoms with E-state index in [0.29, 0.717) is 31.5 Å². The lowest BCUT2D eigenvalue weighted by molar-refractivity contribution is 0.0537. The van der Waals surface area contributed by atoms with Crippen LogP contribution in [0, 0.1) is 0 Å². The van der Waals surface area contributed by atoms with E-state index >= 15 is 0 Å². The number of hydrogen-bond acceptors (Lipinski definition) is 6. The van der Waals surface area contributed by atoms with Crippen molar-refractivity contribution in [1.29, 1.82) is 0 Å². The number of methoxy groups -OCH3 is 1. The number of halogens is 1. The van der Waals surface area contributed by atoms with Gasteiger partial charge in [-0.25, -0.2) is 4.98 Å². The lowest BCUT2D eigenvalue weighted by Crippen LogP contribution is -2.11. The van der Waals surface area contributed by atoms with Gasteiger partial charge in [0, 0.05) is 7.11 Å². The Labute approximate surface area is 98.7 Å². The van der Waals surface area contributed by atoms with E-state index in [1.54, 1.807) is 7.11 Å². The highest BCUT2D eigenvalue weighted by Gasteiger charge is 2.04. The topological polar surface area (TPSA) is 79.5 Å². The van der Waals surface area contributed by atoms with Crippen molar-refractivity contribution in [2.45, 2.75) is 0 Å². The second-order valence-electron chi connectivity index (χ2n) is 2.83. The third-order valence-corrected chi connectivity index (χ3v) is 1.89. The summed E-state index contributed by atoms with van der Waals surface area (Å²) in [6, 6.07) is 0. The van der Waals surface area contributed by atoms with Crippen molar-refractivity contribution in [1.82, 2.24) is 9.97 Å². The fourth-order valence-corrected chi connectivity index (χ4v) is 1.05. The number of hydrogen-bond donors (Lipinski definition) is 1. The van der Waals surface area contributed by atoms with Crippen LogP contribution in [0.2, 0.25) is 5.02 Å². The molecule has 0 radical (unpaired) electrons. The van der Waals surface area contributed by atoms with Crippen molar-refractivity contribution in [3.8, 4) is 5.88 Å². The molecule has 0 aliphatic carbocycles. The summed E-state index contributed by atoms with van der Waals surface area (Å²) in [6.07, 6.45) is 1.39. The number of nitrogens with two attached hydrogens (primary N) is 1. The Morgan fingerprint density at radius 3 is 2.81 bits per heavy atom. The van der Waals surface area contributed by atoms with Gasteiger partial charge in [-0.3, -0.25) is 0 Å². The maximum atomic E-state index is 5.79. The third kappa shape index (κ3) is 4.61. The van der Waals surface area contributed by atoms with E-state index in [9.17, 15) is 0 Å². The molecule has 0 aliphatic rings. The molecular formula is C9H14ClN3O3.